The van der Waals surface area contributed by atoms with Crippen molar-refractivity contribution in [3.63, 3.8) is 0 Å². The highest BCUT2D eigenvalue weighted by atomic mass is 16.5. The summed E-state index contributed by atoms with van der Waals surface area (Å²) in [4.78, 5) is 4.03. The topological polar surface area (TPSA) is 77.9 Å². The molecule has 3 rings (SSSR count). The zero-order valence-corrected chi connectivity index (χ0v) is 12.9. The Labute approximate surface area is 133 Å². The van der Waals surface area contributed by atoms with Crippen molar-refractivity contribution in [2.24, 2.45) is 0 Å². The summed E-state index contributed by atoms with van der Waals surface area (Å²) < 4.78 is 22.0. The Balaban J connectivity index is 2.06. The number of ether oxygens (including phenoxy) is 2. The van der Waals surface area contributed by atoms with Crippen LogP contribution in [0.4, 0.5) is 0 Å². The van der Waals surface area contributed by atoms with Crippen molar-refractivity contribution in [1.29, 1.82) is 0 Å². The third-order valence-electron chi connectivity index (χ3n) is 3.47. The van der Waals surface area contributed by atoms with Gasteiger partial charge in [-0.25, -0.2) is 4.98 Å². The van der Waals surface area contributed by atoms with E-state index in [1.54, 1.807) is 25.6 Å². The van der Waals surface area contributed by atoms with Crippen LogP contribution in [-0.4, -0.2) is 17.2 Å². The van der Waals surface area contributed by atoms with Crippen LogP contribution >= 0.6 is 0 Å². The van der Waals surface area contributed by atoms with Gasteiger partial charge >= 0.3 is 0 Å². The molecule has 0 unspecified atom stereocenters. The molecule has 2 heterocycles. The number of aryl methyl sites for hydroxylation is 1. The molecule has 2 aromatic heterocycles. The van der Waals surface area contributed by atoms with E-state index in [0.717, 1.165) is 5.56 Å². The maximum absolute atomic E-state index is 9.67. The average molecular weight is 315 g/mol. The van der Waals surface area contributed by atoms with E-state index in [9.17, 15) is 5.11 Å². The molecule has 6 nitrogen and oxygen atoms in total. The third kappa shape index (κ3) is 2.93. The molecule has 0 saturated heterocycles. The molecule has 0 saturated carbocycles. The van der Waals surface area contributed by atoms with Crippen LogP contribution in [0.25, 0.3) is 11.3 Å². The molecule has 0 aliphatic rings. The normalized spacial score (nSPS) is 10.7. The predicted octanol–water partition coefficient (Wildman–Crippen LogP) is 3.32. The van der Waals surface area contributed by atoms with Crippen molar-refractivity contribution in [1.82, 2.24) is 4.98 Å². The lowest BCUT2D eigenvalue weighted by Gasteiger charge is -2.18. The van der Waals surface area contributed by atoms with Crippen LogP contribution in [0.5, 0.6) is 11.5 Å². The first-order valence-corrected chi connectivity index (χ1v) is 7.11. The molecule has 0 radical (unpaired) electrons. The third-order valence-corrected chi connectivity index (χ3v) is 3.47. The molecule has 6 heteroatoms. The summed E-state index contributed by atoms with van der Waals surface area (Å²) in [6, 6.07) is 5.44. The number of benzene rings is 1. The van der Waals surface area contributed by atoms with Crippen LogP contribution in [0.2, 0.25) is 0 Å². The molecule has 0 aliphatic carbocycles. The number of furan rings is 1. The fourth-order valence-corrected chi connectivity index (χ4v) is 2.49. The summed E-state index contributed by atoms with van der Waals surface area (Å²) in [5.41, 5.74) is 2.22. The van der Waals surface area contributed by atoms with Gasteiger partial charge in [0.1, 0.15) is 12.0 Å². The van der Waals surface area contributed by atoms with Crippen molar-refractivity contribution < 1.29 is 23.4 Å². The number of hydrogen-bond donors (Lipinski definition) is 1. The van der Waals surface area contributed by atoms with E-state index in [1.807, 2.05) is 19.1 Å². The SMILES string of the molecule is COc1c(OCc2ncco2)c(C)cc(CO)c1-c1ccco1. The van der Waals surface area contributed by atoms with Crippen LogP contribution < -0.4 is 9.47 Å². The van der Waals surface area contributed by atoms with E-state index in [0.29, 0.717) is 34.3 Å². The van der Waals surface area contributed by atoms with Crippen LogP contribution in [0.3, 0.4) is 0 Å². The molecule has 0 amide bonds. The molecular weight excluding hydrogens is 298 g/mol. The number of methoxy groups -OCH3 is 1. The second-order valence-electron chi connectivity index (χ2n) is 4.94. The van der Waals surface area contributed by atoms with E-state index >= 15 is 0 Å². The molecule has 1 N–H and O–H groups in total. The van der Waals surface area contributed by atoms with Gasteiger partial charge in [0, 0.05) is 0 Å². The van der Waals surface area contributed by atoms with E-state index in [1.165, 1.54) is 6.26 Å². The van der Waals surface area contributed by atoms with Gasteiger partial charge in [0.15, 0.2) is 18.1 Å². The van der Waals surface area contributed by atoms with Crippen molar-refractivity contribution in [3.05, 3.63) is 53.9 Å². The predicted molar refractivity (Wildman–Crippen MR) is 82.2 cm³/mol. The number of aromatic nitrogens is 1. The summed E-state index contributed by atoms with van der Waals surface area (Å²) in [6.07, 6.45) is 4.63. The Morgan fingerprint density at radius 3 is 2.70 bits per heavy atom. The maximum Gasteiger partial charge on any atom is 0.232 e. The minimum Gasteiger partial charge on any atom is -0.492 e. The van der Waals surface area contributed by atoms with Crippen LogP contribution in [0, 0.1) is 6.92 Å². The zero-order valence-electron chi connectivity index (χ0n) is 12.9. The first kappa shape index (κ1) is 15.2. The molecule has 0 fully saturated rings. The smallest absolute Gasteiger partial charge is 0.232 e. The summed E-state index contributed by atoms with van der Waals surface area (Å²) >= 11 is 0. The van der Waals surface area contributed by atoms with Gasteiger partial charge in [0.2, 0.25) is 5.89 Å². The number of rotatable bonds is 6. The Morgan fingerprint density at radius 1 is 1.22 bits per heavy atom. The molecule has 1 aromatic carbocycles. The Bertz CT molecular complexity index is 763. The Hall–Kier alpha value is -2.73. The first-order chi connectivity index (χ1) is 11.2. The fraction of sp³-hybridized carbons (Fsp3) is 0.235. The van der Waals surface area contributed by atoms with Crippen LogP contribution in [-0.2, 0) is 13.2 Å². The Morgan fingerprint density at radius 2 is 2.09 bits per heavy atom. The molecular formula is C17H17NO5. The highest BCUT2D eigenvalue weighted by Gasteiger charge is 2.21. The fourth-order valence-electron chi connectivity index (χ4n) is 2.49. The summed E-state index contributed by atoms with van der Waals surface area (Å²) in [6.45, 7) is 1.94. The molecule has 3 aromatic rings. The maximum atomic E-state index is 9.67. The van der Waals surface area contributed by atoms with E-state index in [2.05, 4.69) is 4.98 Å². The highest BCUT2D eigenvalue weighted by Crippen LogP contribution is 2.43. The number of oxazole rings is 1. The van der Waals surface area contributed by atoms with Gasteiger partial charge in [-0.15, -0.1) is 0 Å². The van der Waals surface area contributed by atoms with Crippen molar-refractivity contribution >= 4 is 0 Å². The van der Waals surface area contributed by atoms with Crippen molar-refractivity contribution in [2.45, 2.75) is 20.1 Å². The lowest BCUT2D eigenvalue weighted by molar-refractivity contribution is 0.247. The lowest BCUT2D eigenvalue weighted by Crippen LogP contribution is -2.03. The van der Waals surface area contributed by atoms with Gasteiger partial charge in [-0.05, 0) is 36.2 Å². The number of aliphatic hydroxyl groups excluding tert-OH is 1. The minimum atomic E-state index is -0.132. The second kappa shape index (κ2) is 6.58. The second-order valence-corrected chi connectivity index (χ2v) is 4.94. The van der Waals surface area contributed by atoms with Gasteiger partial charge in [-0.3, -0.25) is 0 Å². The Kier molecular flexibility index (Phi) is 4.34. The van der Waals surface area contributed by atoms with E-state index < -0.39 is 0 Å². The monoisotopic (exact) mass is 315 g/mol. The number of hydrogen-bond acceptors (Lipinski definition) is 6. The van der Waals surface area contributed by atoms with Gasteiger partial charge in [0.05, 0.1) is 31.7 Å². The molecule has 0 atom stereocenters. The van der Waals surface area contributed by atoms with E-state index in [4.69, 9.17) is 18.3 Å². The summed E-state index contributed by atoms with van der Waals surface area (Å²) in [5, 5.41) is 9.67. The van der Waals surface area contributed by atoms with Gasteiger partial charge < -0.3 is 23.4 Å². The summed E-state index contributed by atoms with van der Waals surface area (Å²) in [5.74, 6) is 2.15. The van der Waals surface area contributed by atoms with Gasteiger partial charge in [-0.2, -0.15) is 0 Å². The van der Waals surface area contributed by atoms with Crippen LogP contribution in [0.15, 0.2) is 45.8 Å². The number of nitrogens with zero attached hydrogens (tertiary/aromatic N) is 1. The average Bonchev–Trinajstić information content (AvgIpc) is 3.25. The molecule has 0 aliphatic heterocycles. The van der Waals surface area contributed by atoms with Crippen LogP contribution in [0.1, 0.15) is 17.0 Å². The lowest BCUT2D eigenvalue weighted by atomic mass is 10.00. The molecule has 120 valence electrons. The zero-order chi connectivity index (χ0) is 16.2. The quantitative estimate of drug-likeness (QED) is 0.752. The van der Waals surface area contributed by atoms with Gasteiger partial charge in [-0.1, -0.05) is 0 Å². The van der Waals surface area contributed by atoms with Crippen molar-refractivity contribution in [2.75, 3.05) is 7.11 Å². The minimum absolute atomic E-state index is 0.132. The molecule has 0 bridgehead atoms. The standard InChI is InChI=1S/C17H17NO5/c1-11-8-12(9-19)15(13-4-3-6-21-13)17(20-2)16(11)23-10-14-18-5-7-22-14/h3-8,19H,9-10H2,1-2H3. The van der Waals surface area contributed by atoms with E-state index in [-0.39, 0.29) is 13.2 Å². The number of aliphatic hydroxyl groups is 1. The first-order valence-electron chi connectivity index (χ1n) is 7.11. The van der Waals surface area contributed by atoms with Gasteiger partial charge in [0.25, 0.3) is 0 Å². The summed E-state index contributed by atoms with van der Waals surface area (Å²) in [7, 11) is 1.56. The van der Waals surface area contributed by atoms with Crippen molar-refractivity contribution in [3.8, 4) is 22.8 Å². The highest BCUT2D eigenvalue weighted by molar-refractivity contribution is 5.75. The molecule has 23 heavy (non-hydrogen) atoms. The molecule has 0 spiro atoms. The largest absolute Gasteiger partial charge is 0.492 e.